The number of furan rings is 1. The topological polar surface area (TPSA) is 88.6 Å². The molecule has 1 saturated heterocycles. The van der Waals surface area contributed by atoms with Crippen molar-refractivity contribution in [1.82, 2.24) is 9.62 Å². The Balaban J connectivity index is 2.23. The Bertz CT molecular complexity index is 595. The molecule has 21 heavy (non-hydrogen) atoms. The van der Waals surface area contributed by atoms with Crippen LogP contribution in [0.3, 0.4) is 0 Å². The number of hydrogen-bond acceptors (Lipinski definition) is 5. The van der Waals surface area contributed by atoms with Gasteiger partial charge in [-0.2, -0.15) is 0 Å². The van der Waals surface area contributed by atoms with E-state index in [4.69, 9.17) is 10.2 Å². The number of piperidine rings is 1. The largest absolute Gasteiger partial charge is 0.465 e. The van der Waals surface area contributed by atoms with Crippen molar-refractivity contribution in [3.63, 3.8) is 0 Å². The van der Waals surface area contributed by atoms with Crippen molar-refractivity contribution in [3.05, 3.63) is 17.1 Å². The Kier molecular flexibility index (Phi) is 5.08. The molecule has 0 aromatic carbocycles. The Morgan fingerprint density at radius 1 is 1.38 bits per heavy atom. The Labute approximate surface area is 126 Å². The Morgan fingerprint density at radius 2 is 2.10 bits per heavy atom. The number of likely N-dealkylation sites (N-methyl/N-ethyl adjacent to an activating group) is 1. The van der Waals surface area contributed by atoms with Crippen molar-refractivity contribution in [1.29, 1.82) is 0 Å². The van der Waals surface area contributed by atoms with Crippen LogP contribution in [-0.2, 0) is 16.6 Å². The first-order chi connectivity index (χ1) is 9.89. The highest BCUT2D eigenvalue weighted by molar-refractivity contribution is 7.89. The highest BCUT2D eigenvalue weighted by Gasteiger charge is 2.30. The van der Waals surface area contributed by atoms with E-state index in [0.717, 1.165) is 32.5 Å². The van der Waals surface area contributed by atoms with Gasteiger partial charge < -0.3 is 15.1 Å². The number of hydrogen-bond donors (Lipinski definition) is 2. The predicted octanol–water partition coefficient (Wildman–Crippen LogP) is 1.12. The lowest BCUT2D eigenvalue weighted by atomic mass is 10.1. The SMILES string of the molecule is CCN1CCCC(NS(=O)(=O)c2c(C)oc(C)c2CN)C1. The van der Waals surface area contributed by atoms with E-state index < -0.39 is 10.0 Å². The van der Waals surface area contributed by atoms with Crippen LogP contribution in [0.2, 0.25) is 0 Å². The molecule has 1 fully saturated rings. The van der Waals surface area contributed by atoms with E-state index >= 15 is 0 Å². The predicted molar refractivity (Wildman–Crippen MR) is 81.5 cm³/mol. The number of likely N-dealkylation sites (tertiary alicyclic amines) is 1. The van der Waals surface area contributed by atoms with Gasteiger partial charge in [0, 0.05) is 24.7 Å². The summed E-state index contributed by atoms with van der Waals surface area (Å²) in [5, 5.41) is 0. The summed E-state index contributed by atoms with van der Waals surface area (Å²) in [6.07, 6.45) is 1.87. The zero-order valence-corrected chi connectivity index (χ0v) is 13.8. The molecule has 3 N–H and O–H groups in total. The van der Waals surface area contributed by atoms with E-state index in [1.54, 1.807) is 13.8 Å². The fourth-order valence-electron chi connectivity index (χ4n) is 3.02. The van der Waals surface area contributed by atoms with Gasteiger partial charge in [-0.05, 0) is 39.8 Å². The van der Waals surface area contributed by atoms with Crippen LogP contribution in [0.15, 0.2) is 9.31 Å². The quantitative estimate of drug-likeness (QED) is 0.850. The normalized spacial score (nSPS) is 20.9. The van der Waals surface area contributed by atoms with Crippen LogP contribution in [0.5, 0.6) is 0 Å². The molecule has 0 amide bonds. The third-order valence-electron chi connectivity index (χ3n) is 4.07. The van der Waals surface area contributed by atoms with Crippen molar-refractivity contribution >= 4 is 10.0 Å². The van der Waals surface area contributed by atoms with Gasteiger partial charge in [0.05, 0.1) is 0 Å². The minimum atomic E-state index is -3.59. The summed E-state index contributed by atoms with van der Waals surface area (Å²) in [7, 11) is -3.59. The molecular formula is C14H25N3O3S. The van der Waals surface area contributed by atoms with Crippen molar-refractivity contribution in [2.45, 2.75) is 51.1 Å². The van der Waals surface area contributed by atoms with Gasteiger partial charge in [0.1, 0.15) is 16.4 Å². The molecule has 1 atom stereocenters. The Hall–Kier alpha value is -0.890. The van der Waals surface area contributed by atoms with Gasteiger partial charge in [0.15, 0.2) is 0 Å². The third kappa shape index (κ3) is 3.48. The summed E-state index contributed by atoms with van der Waals surface area (Å²) in [6.45, 7) is 8.39. The van der Waals surface area contributed by atoms with E-state index in [1.165, 1.54) is 0 Å². The van der Waals surface area contributed by atoms with Crippen LogP contribution in [0.25, 0.3) is 0 Å². The Morgan fingerprint density at radius 3 is 2.71 bits per heavy atom. The van der Waals surface area contributed by atoms with E-state index in [0.29, 0.717) is 17.1 Å². The first-order valence-electron chi connectivity index (χ1n) is 7.42. The number of nitrogens with one attached hydrogen (secondary N) is 1. The summed E-state index contributed by atoms with van der Waals surface area (Å²) < 4.78 is 33.6. The lowest BCUT2D eigenvalue weighted by Gasteiger charge is -2.32. The van der Waals surface area contributed by atoms with Crippen LogP contribution >= 0.6 is 0 Å². The van der Waals surface area contributed by atoms with Crippen LogP contribution in [-0.4, -0.2) is 39.0 Å². The summed E-state index contributed by atoms with van der Waals surface area (Å²) in [6, 6.07) is -0.0519. The van der Waals surface area contributed by atoms with Crippen molar-refractivity contribution in [3.8, 4) is 0 Å². The van der Waals surface area contributed by atoms with E-state index in [-0.39, 0.29) is 17.5 Å². The maximum Gasteiger partial charge on any atom is 0.244 e. The number of aryl methyl sites for hydroxylation is 2. The zero-order chi connectivity index (χ0) is 15.6. The molecule has 7 heteroatoms. The molecule has 2 rings (SSSR count). The summed E-state index contributed by atoms with van der Waals surface area (Å²) in [5.41, 5.74) is 6.25. The minimum Gasteiger partial charge on any atom is -0.465 e. The molecular weight excluding hydrogens is 290 g/mol. The minimum absolute atomic E-state index is 0.0519. The number of sulfonamides is 1. The molecule has 0 aliphatic carbocycles. The van der Waals surface area contributed by atoms with Gasteiger partial charge in [-0.1, -0.05) is 6.92 Å². The molecule has 120 valence electrons. The summed E-state index contributed by atoms with van der Waals surface area (Å²) >= 11 is 0. The molecule has 0 bridgehead atoms. The maximum atomic E-state index is 12.7. The fourth-order valence-corrected chi connectivity index (χ4v) is 4.74. The first-order valence-corrected chi connectivity index (χ1v) is 8.91. The monoisotopic (exact) mass is 315 g/mol. The molecule has 6 nitrogen and oxygen atoms in total. The number of nitrogens with zero attached hydrogens (tertiary/aromatic N) is 1. The van der Waals surface area contributed by atoms with E-state index in [1.807, 2.05) is 0 Å². The van der Waals surface area contributed by atoms with Gasteiger partial charge >= 0.3 is 0 Å². The van der Waals surface area contributed by atoms with Gasteiger partial charge in [-0.15, -0.1) is 0 Å². The van der Waals surface area contributed by atoms with Crippen molar-refractivity contribution < 1.29 is 12.8 Å². The van der Waals surface area contributed by atoms with Gasteiger partial charge in [-0.3, -0.25) is 0 Å². The molecule has 0 radical (unpaired) electrons. The maximum absolute atomic E-state index is 12.7. The lowest BCUT2D eigenvalue weighted by molar-refractivity contribution is 0.211. The molecule has 2 heterocycles. The number of rotatable bonds is 5. The van der Waals surface area contributed by atoms with E-state index in [9.17, 15) is 8.42 Å². The van der Waals surface area contributed by atoms with E-state index in [2.05, 4.69) is 16.5 Å². The summed E-state index contributed by atoms with van der Waals surface area (Å²) in [5.74, 6) is 0.984. The highest BCUT2D eigenvalue weighted by Crippen LogP contribution is 2.26. The fraction of sp³-hybridized carbons (Fsp3) is 0.714. The van der Waals surface area contributed by atoms with Crippen molar-refractivity contribution in [2.75, 3.05) is 19.6 Å². The average molecular weight is 315 g/mol. The van der Waals surface area contributed by atoms with Gasteiger partial charge in [0.25, 0.3) is 0 Å². The van der Waals surface area contributed by atoms with Crippen LogP contribution < -0.4 is 10.5 Å². The second-order valence-electron chi connectivity index (χ2n) is 5.58. The molecule has 1 aromatic rings. The van der Waals surface area contributed by atoms with Gasteiger partial charge in [0.2, 0.25) is 10.0 Å². The molecule has 1 aliphatic heterocycles. The average Bonchev–Trinajstić information content (AvgIpc) is 2.73. The molecule has 0 saturated carbocycles. The molecule has 0 spiro atoms. The zero-order valence-electron chi connectivity index (χ0n) is 13.0. The van der Waals surface area contributed by atoms with Gasteiger partial charge in [-0.25, -0.2) is 13.1 Å². The molecule has 1 unspecified atom stereocenters. The van der Waals surface area contributed by atoms with Crippen molar-refractivity contribution in [2.24, 2.45) is 5.73 Å². The summed E-state index contributed by atoms with van der Waals surface area (Å²) in [4.78, 5) is 2.48. The molecule has 1 aromatic heterocycles. The second kappa shape index (κ2) is 6.48. The second-order valence-corrected chi connectivity index (χ2v) is 7.23. The van der Waals surface area contributed by atoms with Crippen LogP contribution in [0.1, 0.15) is 36.8 Å². The lowest BCUT2D eigenvalue weighted by Crippen LogP contribution is -2.47. The number of nitrogens with two attached hydrogens (primary N) is 1. The molecule has 1 aliphatic rings. The standard InChI is InChI=1S/C14H25N3O3S/c1-4-17-7-5-6-12(9-17)16-21(18,19)14-11(3)20-10(2)13(14)8-15/h12,16H,4-9,15H2,1-3H3. The first kappa shape index (κ1) is 16.5. The van der Waals surface area contributed by atoms with Crippen LogP contribution in [0.4, 0.5) is 0 Å². The third-order valence-corrected chi connectivity index (χ3v) is 5.79. The van der Waals surface area contributed by atoms with Crippen LogP contribution in [0, 0.1) is 13.8 Å². The highest BCUT2D eigenvalue weighted by atomic mass is 32.2. The smallest absolute Gasteiger partial charge is 0.244 e.